The predicted molar refractivity (Wildman–Crippen MR) is 62.8 cm³/mol. The number of nitrogens with zero attached hydrogens (tertiary/aromatic N) is 2. The summed E-state index contributed by atoms with van der Waals surface area (Å²) < 4.78 is 1.95. The van der Waals surface area contributed by atoms with Crippen molar-refractivity contribution in [2.75, 3.05) is 0 Å². The van der Waals surface area contributed by atoms with E-state index in [-0.39, 0.29) is 5.78 Å². The number of halogens is 1. The minimum atomic E-state index is -0.545. The van der Waals surface area contributed by atoms with Crippen LogP contribution >= 0.6 is 11.6 Å². The fourth-order valence-electron chi connectivity index (χ4n) is 2.00. The molecule has 0 aromatic carbocycles. The molecule has 1 aromatic rings. The van der Waals surface area contributed by atoms with E-state index in [2.05, 4.69) is 4.98 Å². The molecular weight excluding hydrogens is 226 g/mol. The summed E-state index contributed by atoms with van der Waals surface area (Å²) in [6, 6.07) is -0.545. The summed E-state index contributed by atoms with van der Waals surface area (Å²) in [4.78, 5) is 16.1. The normalized spacial score (nSPS) is 17.7. The average molecular weight is 242 g/mol. The van der Waals surface area contributed by atoms with Crippen LogP contribution in [0, 0.1) is 0 Å². The molecule has 1 aliphatic rings. The molecule has 0 amide bonds. The third-order valence-corrected chi connectivity index (χ3v) is 3.30. The standard InChI is InChI=1S/C11H16ClN3O/c1-7(13)10(16)9-11(12)15-6-4-2-3-5-8(15)14-9/h7H,2-6,13H2,1H3. The topological polar surface area (TPSA) is 60.9 Å². The molecular formula is C11H16ClN3O. The van der Waals surface area contributed by atoms with E-state index in [1.807, 2.05) is 4.57 Å². The Kier molecular flexibility index (Phi) is 3.30. The van der Waals surface area contributed by atoms with Crippen LogP contribution < -0.4 is 5.73 Å². The lowest BCUT2D eigenvalue weighted by Gasteiger charge is -2.04. The maximum atomic E-state index is 11.8. The van der Waals surface area contributed by atoms with Gasteiger partial charge in [-0.3, -0.25) is 4.79 Å². The summed E-state index contributed by atoms with van der Waals surface area (Å²) in [5, 5.41) is 0.458. The summed E-state index contributed by atoms with van der Waals surface area (Å²) in [7, 11) is 0. The number of fused-ring (bicyclic) bond motifs is 1. The van der Waals surface area contributed by atoms with Gasteiger partial charge in [0.05, 0.1) is 6.04 Å². The molecule has 0 radical (unpaired) electrons. The summed E-state index contributed by atoms with van der Waals surface area (Å²) in [5.41, 5.74) is 5.91. The second-order valence-electron chi connectivity index (χ2n) is 4.28. The Hall–Kier alpha value is -0.870. The molecule has 0 saturated carbocycles. The van der Waals surface area contributed by atoms with Crippen LogP contribution in [-0.4, -0.2) is 21.4 Å². The lowest BCUT2D eigenvalue weighted by atomic mass is 10.2. The first-order valence-corrected chi connectivity index (χ1v) is 6.03. The van der Waals surface area contributed by atoms with Crippen molar-refractivity contribution < 1.29 is 4.79 Å². The predicted octanol–water partition coefficient (Wildman–Crippen LogP) is 1.79. The highest BCUT2D eigenvalue weighted by Gasteiger charge is 2.23. The third-order valence-electron chi connectivity index (χ3n) is 2.91. The third kappa shape index (κ3) is 1.99. The summed E-state index contributed by atoms with van der Waals surface area (Å²) >= 11 is 6.18. The fourth-order valence-corrected chi connectivity index (χ4v) is 2.31. The highest BCUT2D eigenvalue weighted by atomic mass is 35.5. The van der Waals surface area contributed by atoms with Crippen molar-refractivity contribution in [3.8, 4) is 0 Å². The molecule has 2 heterocycles. The van der Waals surface area contributed by atoms with E-state index in [1.54, 1.807) is 6.92 Å². The highest BCUT2D eigenvalue weighted by molar-refractivity contribution is 6.33. The summed E-state index contributed by atoms with van der Waals surface area (Å²) in [6.07, 6.45) is 4.29. The minimum Gasteiger partial charge on any atom is -0.321 e. The second kappa shape index (κ2) is 4.55. The zero-order chi connectivity index (χ0) is 11.7. The molecule has 0 spiro atoms. The number of rotatable bonds is 2. The number of ketones is 1. The molecule has 88 valence electrons. The Balaban J connectivity index is 2.39. The van der Waals surface area contributed by atoms with E-state index in [1.165, 1.54) is 6.42 Å². The van der Waals surface area contributed by atoms with Crippen LogP contribution in [0.25, 0.3) is 0 Å². The van der Waals surface area contributed by atoms with Crippen molar-refractivity contribution in [2.24, 2.45) is 5.73 Å². The molecule has 4 nitrogen and oxygen atoms in total. The first-order chi connectivity index (χ1) is 7.61. The highest BCUT2D eigenvalue weighted by Crippen LogP contribution is 2.24. The molecule has 5 heteroatoms. The van der Waals surface area contributed by atoms with Gasteiger partial charge in [0.1, 0.15) is 16.7 Å². The number of imidazole rings is 1. The number of carbonyl (C=O) groups excluding carboxylic acids is 1. The molecule has 1 aromatic heterocycles. The van der Waals surface area contributed by atoms with Crippen LogP contribution in [0.3, 0.4) is 0 Å². The molecule has 0 bridgehead atoms. The van der Waals surface area contributed by atoms with Gasteiger partial charge in [-0.15, -0.1) is 0 Å². The van der Waals surface area contributed by atoms with Crippen LogP contribution in [0.5, 0.6) is 0 Å². The fraction of sp³-hybridized carbons (Fsp3) is 0.636. The largest absolute Gasteiger partial charge is 0.321 e. The average Bonchev–Trinajstić information content (AvgIpc) is 2.45. The van der Waals surface area contributed by atoms with E-state index in [4.69, 9.17) is 17.3 Å². The van der Waals surface area contributed by atoms with Gasteiger partial charge in [0, 0.05) is 13.0 Å². The number of aryl methyl sites for hydroxylation is 1. The van der Waals surface area contributed by atoms with Crippen molar-refractivity contribution in [3.63, 3.8) is 0 Å². The molecule has 1 unspecified atom stereocenters. The SMILES string of the molecule is CC(N)C(=O)c1nc2n(c1Cl)CCCCC2. The number of hydrogen-bond acceptors (Lipinski definition) is 3. The Morgan fingerprint density at radius 1 is 1.50 bits per heavy atom. The maximum Gasteiger partial charge on any atom is 0.200 e. The molecule has 1 atom stereocenters. The van der Waals surface area contributed by atoms with Gasteiger partial charge < -0.3 is 10.3 Å². The van der Waals surface area contributed by atoms with Gasteiger partial charge in [0.25, 0.3) is 0 Å². The number of nitrogens with two attached hydrogens (primary N) is 1. The van der Waals surface area contributed by atoms with Crippen molar-refractivity contribution >= 4 is 17.4 Å². The smallest absolute Gasteiger partial charge is 0.200 e. The zero-order valence-electron chi connectivity index (χ0n) is 9.37. The molecule has 2 N–H and O–H groups in total. The first-order valence-electron chi connectivity index (χ1n) is 5.66. The van der Waals surface area contributed by atoms with Gasteiger partial charge in [-0.25, -0.2) is 4.98 Å². The summed E-state index contributed by atoms with van der Waals surface area (Å²) in [5.74, 6) is 0.747. The second-order valence-corrected chi connectivity index (χ2v) is 4.64. The van der Waals surface area contributed by atoms with Gasteiger partial charge in [0.15, 0.2) is 0 Å². The molecule has 0 aliphatic carbocycles. The first kappa shape index (κ1) is 11.6. The quantitative estimate of drug-likeness (QED) is 0.803. The van der Waals surface area contributed by atoms with Gasteiger partial charge in [-0.1, -0.05) is 18.0 Å². The van der Waals surface area contributed by atoms with Crippen molar-refractivity contribution in [2.45, 2.75) is 45.2 Å². The Morgan fingerprint density at radius 3 is 2.94 bits per heavy atom. The van der Waals surface area contributed by atoms with Gasteiger partial charge >= 0.3 is 0 Å². The molecule has 1 aliphatic heterocycles. The Bertz CT molecular complexity index is 412. The number of Topliss-reactive ketones (excluding diaryl/α,β-unsaturated/α-hetero) is 1. The number of hydrogen-bond donors (Lipinski definition) is 1. The van der Waals surface area contributed by atoms with E-state index >= 15 is 0 Å². The van der Waals surface area contributed by atoms with Crippen molar-refractivity contribution in [3.05, 3.63) is 16.7 Å². The Labute approximate surface area is 99.8 Å². The van der Waals surface area contributed by atoms with Crippen molar-refractivity contribution in [1.82, 2.24) is 9.55 Å². The van der Waals surface area contributed by atoms with E-state index < -0.39 is 6.04 Å². The van der Waals surface area contributed by atoms with Crippen molar-refractivity contribution in [1.29, 1.82) is 0 Å². The Morgan fingerprint density at radius 2 is 2.25 bits per heavy atom. The zero-order valence-corrected chi connectivity index (χ0v) is 10.1. The van der Waals surface area contributed by atoms with Crippen LogP contribution in [0.15, 0.2) is 0 Å². The van der Waals surface area contributed by atoms with E-state index in [0.717, 1.165) is 31.6 Å². The lowest BCUT2D eigenvalue weighted by molar-refractivity contribution is 0.0963. The van der Waals surface area contributed by atoms with Crippen LogP contribution in [0.1, 0.15) is 42.5 Å². The van der Waals surface area contributed by atoms with Gasteiger partial charge in [0.2, 0.25) is 5.78 Å². The number of aromatic nitrogens is 2. The molecule has 0 fully saturated rings. The maximum absolute atomic E-state index is 11.8. The van der Waals surface area contributed by atoms with Crippen LogP contribution in [-0.2, 0) is 13.0 Å². The van der Waals surface area contributed by atoms with E-state index in [9.17, 15) is 4.79 Å². The van der Waals surface area contributed by atoms with Crippen LogP contribution in [0.2, 0.25) is 5.15 Å². The molecule has 2 rings (SSSR count). The monoisotopic (exact) mass is 241 g/mol. The lowest BCUT2D eigenvalue weighted by Crippen LogP contribution is -2.27. The molecule has 16 heavy (non-hydrogen) atoms. The van der Waals surface area contributed by atoms with Gasteiger partial charge in [-0.05, 0) is 19.8 Å². The minimum absolute atomic E-state index is 0.175. The van der Waals surface area contributed by atoms with Gasteiger partial charge in [-0.2, -0.15) is 0 Å². The summed E-state index contributed by atoms with van der Waals surface area (Å²) in [6.45, 7) is 2.51. The van der Waals surface area contributed by atoms with Crippen LogP contribution in [0.4, 0.5) is 0 Å². The number of carbonyl (C=O) groups is 1. The molecule has 0 saturated heterocycles. The van der Waals surface area contributed by atoms with E-state index in [0.29, 0.717) is 10.8 Å².